The summed E-state index contributed by atoms with van der Waals surface area (Å²) in [6.45, 7) is 1.74. The molecule has 2 rings (SSSR count). The van der Waals surface area contributed by atoms with E-state index in [0.717, 1.165) is 16.5 Å². The van der Waals surface area contributed by atoms with E-state index in [0.29, 0.717) is 0 Å². The number of aliphatic carboxylic acids is 1. The molecule has 0 amide bonds. The summed E-state index contributed by atoms with van der Waals surface area (Å²) in [5, 5.41) is 9.48. The molecule has 0 saturated heterocycles. The van der Waals surface area contributed by atoms with Crippen LogP contribution in [0.5, 0.6) is 0 Å². The molecule has 5 nitrogen and oxygen atoms in total. The highest BCUT2D eigenvalue weighted by Crippen LogP contribution is 2.21. The van der Waals surface area contributed by atoms with Crippen molar-refractivity contribution < 1.29 is 19.4 Å². The van der Waals surface area contributed by atoms with E-state index in [1.165, 1.54) is 0 Å². The number of ether oxygens (including phenoxy) is 1. The van der Waals surface area contributed by atoms with Crippen LogP contribution in [0.1, 0.15) is 31.4 Å². The van der Waals surface area contributed by atoms with Gasteiger partial charge in [-0.1, -0.05) is 18.2 Å². The topological polar surface area (TPSA) is 76.5 Å². The second kappa shape index (κ2) is 6.14. The summed E-state index contributed by atoms with van der Waals surface area (Å²) < 4.78 is 5.19. The first-order valence-electron chi connectivity index (χ1n) is 6.32. The van der Waals surface area contributed by atoms with Crippen molar-refractivity contribution in [3.8, 4) is 0 Å². The van der Waals surface area contributed by atoms with E-state index in [-0.39, 0.29) is 12.8 Å². The monoisotopic (exact) mass is 273 g/mol. The first-order valence-corrected chi connectivity index (χ1v) is 6.32. The molecule has 0 aliphatic carbocycles. The molecule has 0 spiro atoms. The van der Waals surface area contributed by atoms with E-state index in [2.05, 4.69) is 4.98 Å². The summed E-state index contributed by atoms with van der Waals surface area (Å²) in [6.07, 6.45) is 0.869. The molecule has 0 aliphatic rings. The molecular weight excluding hydrogens is 258 g/mol. The maximum absolute atomic E-state index is 11.5. The number of rotatable bonds is 5. The zero-order valence-electron chi connectivity index (χ0n) is 11.1. The largest absolute Gasteiger partial charge is 0.481 e. The van der Waals surface area contributed by atoms with Crippen LogP contribution in [0.3, 0.4) is 0 Å². The average Bonchev–Trinajstić information content (AvgIpc) is 2.44. The molecule has 1 N–H and O–H groups in total. The van der Waals surface area contributed by atoms with Gasteiger partial charge in [-0.15, -0.1) is 0 Å². The van der Waals surface area contributed by atoms with Crippen LogP contribution in [-0.2, 0) is 14.3 Å². The number of fused-ring (bicyclic) bond motifs is 1. The van der Waals surface area contributed by atoms with E-state index in [9.17, 15) is 9.59 Å². The SMILES string of the molecule is C[C@@H](OC(=O)CCC(=O)O)c1cnc2ccccc2c1. The molecule has 1 atom stereocenters. The smallest absolute Gasteiger partial charge is 0.306 e. The second-order valence-corrected chi connectivity index (χ2v) is 4.49. The Morgan fingerprint density at radius 3 is 2.80 bits per heavy atom. The van der Waals surface area contributed by atoms with Gasteiger partial charge >= 0.3 is 11.9 Å². The van der Waals surface area contributed by atoms with Gasteiger partial charge in [-0.25, -0.2) is 0 Å². The molecule has 0 fully saturated rings. The number of carboxylic acids is 1. The molecule has 104 valence electrons. The van der Waals surface area contributed by atoms with Crippen LogP contribution >= 0.6 is 0 Å². The molecule has 0 bridgehead atoms. The van der Waals surface area contributed by atoms with Gasteiger partial charge in [0.05, 0.1) is 18.4 Å². The van der Waals surface area contributed by atoms with Crippen molar-refractivity contribution in [1.82, 2.24) is 4.98 Å². The number of pyridine rings is 1. The third kappa shape index (κ3) is 3.54. The lowest BCUT2D eigenvalue weighted by Crippen LogP contribution is -2.10. The average molecular weight is 273 g/mol. The highest BCUT2D eigenvalue weighted by Gasteiger charge is 2.13. The van der Waals surface area contributed by atoms with Crippen molar-refractivity contribution >= 4 is 22.8 Å². The van der Waals surface area contributed by atoms with Crippen molar-refractivity contribution in [2.45, 2.75) is 25.9 Å². The highest BCUT2D eigenvalue weighted by atomic mass is 16.5. The summed E-state index contributed by atoms with van der Waals surface area (Å²) in [6, 6.07) is 9.58. The second-order valence-electron chi connectivity index (χ2n) is 4.49. The fraction of sp³-hybridized carbons (Fsp3) is 0.267. The fourth-order valence-electron chi connectivity index (χ4n) is 1.84. The minimum Gasteiger partial charge on any atom is -0.481 e. The number of carbonyl (C=O) groups is 2. The quantitative estimate of drug-likeness (QED) is 0.847. The Morgan fingerprint density at radius 1 is 1.30 bits per heavy atom. The number of carboxylic acid groups (broad SMARTS) is 1. The Kier molecular flexibility index (Phi) is 4.30. The standard InChI is InChI=1S/C15H15NO4/c1-10(20-15(19)7-6-14(17)18)12-8-11-4-2-3-5-13(11)16-9-12/h2-5,8-10H,6-7H2,1H3,(H,17,18)/t10-/m1/s1. The maximum atomic E-state index is 11.5. The minimum atomic E-state index is -1.01. The third-order valence-electron chi connectivity index (χ3n) is 2.93. The molecule has 0 unspecified atom stereocenters. The number of esters is 1. The molecule has 0 saturated carbocycles. The van der Waals surface area contributed by atoms with Gasteiger partial charge in [0.25, 0.3) is 0 Å². The van der Waals surface area contributed by atoms with Crippen LogP contribution in [0, 0.1) is 0 Å². The van der Waals surface area contributed by atoms with Gasteiger partial charge in [0, 0.05) is 17.1 Å². The molecule has 20 heavy (non-hydrogen) atoms. The lowest BCUT2D eigenvalue weighted by atomic mass is 10.1. The van der Waals surface area contributed by atoms with Gasteiger partial charge in [-0.05, 0) is 19.1 Å². The Bertz CT molecular complexity index is 639. The number of benzene rings is 1. The molecule has 0 aliphatic heterocycles. The number of para-hydroxylation sites is 1. The Labute approximate surface area is 116 Å². The number of hydrogen-bond donors (Lipinski definition) is 1. The van der Waals surface area contributed by atoms with Crippen molar-refractivity contribution in [3.63, 3.8) is 0 Å². The zero-order valence-corrected chi connectivity index (χ0v) is 11.1. The molecule has 1 aromatic carbocycles. The number of aromatic nitrogens is 1. The van der Waals surface area contributed by atoms with Crippen molar-refractivity contribution in [3.05, 3.63) is 42.1 Å². The van der Waals surface area contributed by atoms with Gasteiger partial charge in [0.1, 0.15) is 6.10 Å². The maximum Gasteiger partial charge on any atom is 0.306 e. The van der Waals surface area contributed by atoms with Crippen LogP contribution in [0.4, 0.5) is 0 Å². The van der Waals surface area contributed by atoms with Gasteiger partial charge in [0.2, 0.25) is 0 Å². The lowest BCUT2D eigenvalue weighted by Gasteiger charge is -2.13. The van der Waals surface area contributed by atoms with Gasteiger partial charge in [-0.2, -0.15) is 0 Å². The van der Waals surface area contributed by atoms with Crippen molar-refractivity contribution in [1.29, 1.82) is 0 Å². The lowest BCUT2D eigenvalue weighted by molar-refractivity contribution is -0.151. The summed E-state index contributed by atoms with van der Waals surface area (Å²) in [7, 11) is 0. The van der Waals surface area contributed by atoms with E-state index in [4.69, 9.17) is 9.84 Å². The van der Waals surface area contributed by atoms with Crippen LogP contribution in [0.25, 0.3) is 10.9 Å². The Morgan fingerprint density at radius 2 is 2.05 bits per heavy atom. The Hall–Kier alpha value is -2.43. The normalized spacial score (nSPS) is 12.1. The first kappa shape index (κ1) is 14.0. The van der Waals surface area contributed by atoms with Gasteiger partial charge < -0.3 is 9.84 Å². The van der Waals surface area contributed by atoms with Gasteiger partial charge in [-0.3, -0.25) is 14.6 Å². The van der Waals surface area contributed by atoms with E-state index in [1.54, 1.807) is 13.1 Å². The zero-order chi connectivity index (χ0) is 14.5. The molecule has 1 heterocycles. The summed E-state index contributed by atoms with van der Waals surface area (Å²) in [4.78, 5) is 26.2. The first-order chi connectivity index (χ1) is 9.56. The molecule has 2 aromatic rings. The summed E-state index contributed by atoms with van der Waals surface area (Å²) in [5.74, 6) is -1.53. The van der Waals surface area contributed by atoms with Gasteiger partial charge in [0.15, 0.2) is 0 Å². The van der Waals surface area contributed by atoms with Crippen LogP contribution in [0.15, 0.2) is 36.5 Å². The Balaban J connectivity index is 2.05. The van der Waals surface area contributed by atoms with E-state index >= 15 is 0 Å². The van der Waals surface area contributed by atoms with Crippen LogP contribution < -0.4 is 0 Å². The molecule has 0 radical (unpaired) electrons. The van der Waals surface area contributed by atoms with E-state index in [1.807, 2.05) is 30.3 Å². The third-order valence-corrected chi connectivity index (χ3v) is 2.93. The molecule has 1 aromatic heterocycles. The number of carbonyl (C=O) groups excluding carboxylic acids is 1. The van der Waals surface area contributed by atoms with E-state index < -0.39 is 18.0 Å². The minimum absolute atomic E-state index is 0.124. The molecular formula is C15H15NO4. The summed E-state index contributed by atoms with van der Waals surface area (Å²) >= 11 is 0. The highest BCUT2D eigenvalue weighted by molar-refractivity contribution is 5.79. The van der Waals surface area contributed by atoms with Crippen LogP contribution in [0.2, 0.25) is 0 Å². The predicted octanol–water partition coefficient (Wildman–Crippen LogP) is 2.70. The molecule has 5 heteroatoms. The fourth-order valence-corrected chi connectivity index (χ4v) is 1.84. The summed E-state index contributed by atoms with van der Waals surface area (Å²) in [5.41, 5.74) is 1.66. The number of nitrogens with zero attached hydrogens (tertiary/aromatic N) is 1. The number of hydrogen-bond acceptors (Lipinski definition) is 4. The van der Waals surface area contributed by atoms with Crippen molar-refractivity contribution in [2.75, 3.05) is 0 Å². The van der Waals surface area contributed by atoms with Crippen LogP contribution in [-0.4, -0.2) is 22.0 Å². The van der Waals surface area contributed by atoms with Crippen molar-refractivity contribution in [2.24, 2.45) is 0 Å². The predicted molar refractivity (Wildman–Crippen MR) is 73.1 cm³/mol.